The monoisotopic (exact) mass is 330 g/mol. The van der Waals surface area contributed by atoms with Crippen molar-refractivity contribution >= 4 is 17.7 Å². The number of hydrogen-bond donors (Lipinski definition) is 1. The van der Waals surface area contributed by atoms with Gasteiger partial charge in [0.1, 0.15) is 0 Å². The molecule has 0 bridgehead atoms. The predicted octanol–water partition coefficient (Wildman–Crippen LogP) is 3.05. The molecule has 0 spiro atoms. The Kier molecular flexibility index (Phi) is 5.00. The Hall–Kier alpha value is -1.82. The topological polar surface area (TPSA) is 59.8 Å². The molecular formula is C17H22N4OS. The van der Waals surface area contributed by atoms with Crippen molar-refractivity contribution in [1.29, 1.82) is 0 Å². The van der Waals surface area contributed by atoms with Crippen LogP contribution in [0.2, 0.25) is 0 Å². The van der Waals surface area contributed by atoms with Crippen LogP contribution in [0.1, 0.15) is 38.3 Å². The van der Waals surface area contributed by atoms with E-state index >= 15 is 0 Å². The van der Waals surface area contributed by atoms with Crippen molar-refractivity contribution in [3.8, 4) is 0 Å². The summed E-state index contributed by atoms with van der Waals surface area (Å²) < 4.78 is 2.20. The lowest BCUT2D eigenvalue weighted by Gasteiger charge is -2.20. The van der Waals surface area contributed by atoms with Gasteiger partial charge in [0.25, 0.3) is 0 Å². The average molecular weight is 330 g/mol. The first-order chi connectivity index (χ1) is 11.1. The maximum atomic E-state index is 12.6. The van der Waals surface area contributed by atoms with Gasteiger partial charge in [0.15, 0.2) is 5.16 Å². The lowest BCUT2D eigenvalue weighted by Crippen LogP contribution is -2.35. The summed E-state index contributed by atoms with van der Waals surface area (Å²) in [5.41, 5.74) is 1.01. The number of hydrogen-bond acceptors (Lipinski definition) is 4. The van der Waals surface area contributed by atoms with Crippen LogP contribution in [-0.4, -0.2) is 25.7 Å². The van der Waals surface area contributed by atoms with Crippen LogP contribution in [-0.2, 0) is 11.3 Å². The summed E-state index contributed by atoms with van der Waals surface area (Å²) in [4.78, 5) is 21.1. The van der Waals surface area contributed by atoms with Gasteiger partial charge in [-0.15, -0.1) is 0 Å². The minimum atomic E-state index is -0.147. The molecule has 2 aromatic heterocycles. The van der Waals surface area contributed by atoms with Crippen LogP contribution in [0, 0.1) is 5.92 Å². The van der Waals surface area contributed by atoms with Crippen LogP contribution < -0.4 is 5.32 Å². The Balaban J connectivity index is 1.63. The van der Waals surface area contributed by atoms with Crippen LogP contribution in [0.25, 0.3) is 0 Å². The van der Waals surface area contributed by atoms with Gasteiger partial charge in [-0.3, -0.25) is 9.78 Å². The third-order valence-corrected chi connectivity index (χ3v) is 5.40. The van der Waals surface area contributed by atoms with Crippen molar-refractivity contribution in [2.45, 2.75) is 49.7 Å². The van der Waals surface area contributed by atoms with E-state index in [4.69, 9.17) is 0 Å². The fourth-order valence-corrected chi connectivity index (χ4v) is 3.56. The van der Waals surface area contributed by atoms with E-state index in [-0.39, 0.29) is 17.1 Å². The number of rotatable bonds is 7. The smallest absolute Gasteiger partial charge is 0.234 e. The number of carbonyl (C=O) groups is 1. The quantitative estimate of drug-likeness (QED) is 0.793. The average Bonchev–Trinajstić information content (AvgIpc) is 3.29. The van der Waals surface area contributed by atoms with Crippen molar-refractivity contribution in [1.82, 2.24) is 19.9 Å². The zero-order valence-electron chi connectivity index (χ0n) is 13.5. The Bertz CT molecular complexity index is 652. The molecule has 1 amide bonds. The van der Waals surface area contributed by atoms with Gasteiger partial charge in [-0.25, -0.2) is 4.98 Å². The van der Waals surface area contributed by atoms with Crippen LogP contribution in [0.3, 0.4) is 0 Å². The van der Waals surface area contributed by atoms with Crippen LogP contribution in [0.5, 0.6) is 0 Å². The highest BCUT2D eigenvalue weighted by atomic mass is 32.2. The summed E-state index contributed by atoms with van der Waals surface area (Å²) in [5, 5.41) is 3.82. The number of thioether (sulfide) groups is 1. The second-order valence-electron chi connectivity index (χ2n) is 6.21. The molecule has 1 saturated carbocycles. The molecule has 1 aliphatic rings. The lowest BCUT2D eigenvalue weighted by atomic mass is 10.1. The molecule has 5 nitrogen and oxygen atoms in total. The Morgan fingerprint density at radius 2 is 2.26 bits per heavy atom. The van der Waals surface area contributed by atoms with Gasteiger partial charge in [-0.2, -0.15) is 0 Å². The van der Waals surface area contributed by atoms with E-state index in [0.717, 1.165) is 10.7 Å². The second-order valence-corrected chi connectivity index (χ2v) is 7.32. The molecule has 1 N–H and O–H groups in total. The first kappa shape index (κ1) is 16.1. The van der Waals surface area contributed by atoms with Crippen LogP contribution in [0.4, 0.5) is 0 Å². The van der Waals surface area contributed by atoms with E-state index in [1.165, 1.54) is 12.8 Å². The molecule has 2 heterocycles. The van der Waals surface area contributed by atoms with Crippen molar-refractivity contribution in [2.24, 2.45) is 5.92 Å². The van der Waals surface area contributed by atoms with Crippen molar-refractivity contribution in [3.63, 3.8) is 0 Å². The van der Waals surface area contributed by atoms with E-state index < -0.39 is 0 Å². The fourth-order valence-electron chi connectivity index (χ4n) is 2.42. The molecule has 0 saturated heterocycles. The van der Waals surface area contributed by atoms with Crippen molar-refractivity contribution < 1.29 is 4.79 Å². The molecule has 3 rings (SSSR count). The zero-order chi connectivity index (χ0) is 16.2. The van der Waals surface area contributed by atoms with Gasteiger partial charge in [0.05, 0.1) is 5.25 Å². The highest BCUT2D eigenvalue weighted by Gasteiger charge is 2.29. The fraction of sp³-hybridized carbons (Fsp3) is 0.471. The van der Waals surface area contributed by atoms with Crippen molar-refractivity contribution in [2.75, 3.05) is 0 Å². The highest BCUT2D eigenvalue weighted by Crippen LogP contribution is 2.39. The van der Waals surface area contributed by atoms with Gasteiger partial charge in [0, 0.05) is 37.4 Å². The number of carbonyl (C=O) groups excluding carboxylic acids is 1. The number of nitrogens with one attached hydrogen (secondary N) is 1. The molecule has 0 aromatic carbocycles. The van der Waals surface area contributed by atoms with Crippen molar-refractivity contribution in [3.05, 3.63) is 42.5 Å². The van der Waals surface area contributed by atoms with Gasteiger partial charge in [0.2, 0.25) is 5.91 Å². The molecule has 1 fully saturated rings. The SMILES string of the molecule is CC(C)[C@@H](Sc1nccn1C1CC1)C(=O)NCc1cccnc1. The van der Waals surface area contributed by atoms with Crippen LogP contribution >= 0.6 is 11.8 Å². The minimum Gasteiger partial charge on any atom is -0.351 e. The first-order valence-electron chi connectivity index (χ1n) is 8.01. The normalized spacial score (nSPS) is 15.6. The minimum absolute atomic E-state index is 0.0548. The molecule has 2 aromatic rings. The van der Waals surface area contributed by atoms with Gasteiger partial charge in [-0.1, -0.05) is 31.7 Å². The maximum Gasteiger partial charge on any atom is 0.234 e. The van der Waals surface area contributed by atoms with E-state index in [1.807, 2.05) is 24.5 Å². The standard InChI is InChI=1S/C17H22N4OS/c1-12(2)15(16(22)20-11-13-4-3-7-18-10-13)23-17-19-8-9-21(17)14-5-6-14/h3-4,7-10,12,14-15H,5-6,11H2,1-2H3,(H,20,22)/t15-/m1/s1. The third kappa shape index (κ3) is 4.13. The zero-order valence-corrected chi connectivity index (χ0v) is 14.3. The highest BCUT2D eigenvalue weighted by molar-refractivity contribution is 8.00. The molecular weight excluding hydrogens is 308 g/mol. The maximum absolute atomic E-state index is 12.6. The summed E-state index contributed by atoms with van der Waals surface area (Å²) in [6.45, 7) is 4.66. The van der Waals surface area contributed by atoms with E-state index in [9.17, 15) is 4.79 Å². The van der Waals surface area contributed by atoms with E-state index in [2.05, 4.69) is 33.7 Å². The molecule has 1 atom stereocenters. The molecule has 0 unspecified atom stereocenters. The lowest BCUT2D eigenvalue weighted by molar-refractivity contribution is -0.121. The number of imidazole rings is 1. The third-order valence-electron chi connectivity index (χ3n) is 3.86. The second kappa shape index (κ2) is 7.17. The predicted molar refractivity (Wildman–Crippen MR) is 91.1 cm³/mol. The molecule has 23 heavy (non-hydrogen) atoms. The van der Waals surface area contributed by atoms with Gasteiger partial charge < -0.3 is 9.88 Å². The van der Waals surface area contributed by atoms with Crippen LogP contribution in [0.15, 0.2) is 42.1 Å². The first-order valence-corrected chi connectivity index (χ1v) is 8.89. The summed E-state index contributed by atoms with van der Waals surface area (Å²) in [6, 6.07) is 4.42. The molecule has 122 valence electrons. The van der Waals surface area contributed by atoms with E-state index in [0.29, 0.717) is 12.6 Å². The summed E-state index contributed by atoms with van der Waals surface area (Å²) in [6.07, 6.45) is 9.77. The molecule has 6 heteroatoms. The summed E-state index contributed by atoms with van der Waals surface area (Å²) >= 11 is 1.57. The molecule has 0 aliphatic heterocycles. The number of amides is 1. The molecule has 0 radical (unpaired) electrons. The Morgan fingerprint density at radius 1 is 1.43 bits per heavy atom. The number of aromatic nitrogens is 3. The largest absolute Gasteiger partial charge is 0.351 e. The van der Waals surface area contributed by atoms with E-state index in [1.54, 1.807) is 24.2 Å². The Labute approximate surface area is 140 Å². The van der Waals surface area contributed by atoms with Gasteiger partial charge in [-0.05, 0) is 30.4 Å². The number of pyridine rings is 1. The number of nitrogens with zero attached hydrogens (tertiary/aromatic N) is 3. The Morgan fingerprint density at radius 3 is 2.91 bits per heavy atom. The van der Waals surface area contributed by atoms with Gasteiger partial charge >= 0.3 is 0 Å². The molecule has 1 aliphatic carbocycles. The summed E-state index contributed by atoms with van der Waals surface area (Å²) in [5.74, 6) is 0.289. The summed E-state index contributed by atoms with van der Waals surface area (Å²) in [7, 11) is 0.